The monoisotopic (exact) mass is 570 g/mol. The van der Waals surface area contributed by atoms with E-state index in [1.165, 1.54) is 0 Å². The van der Waals surface area contributed by atoms with Crippen molar-refractivity contribution in [3.05, 3.63) is 48.5 Å². The lowest BCUT2D eigenvalue weighted by Gasteiger charge is -2.11. The van der Waals surface area contributed by atoms with Gasteiger partial charge in [0, 0.05) is 11.4 Å². The van der Waals surface area contributed by atoms with Gasteiger partial charge in [0.25, 0.3) is 0 Å². The average molecular weight is 570 g/mol. The largest absolute Gasteiger partial charge is 0.490 e. The first-order valence-electron chi connectivity index (χ1n) is 9.39. The highest BCUT2D eigenvalue weighted by molar-refractivity contribution is 7.80. The van der Waals surface area contributed by atoms with Gasteiger partial charge in [0.05, 0.1) is 11.4 Å². The van der Waals surface area contributed by atoms with Gasteiger partial charge in [0.2, 0.25) is 0 Å². The van der Waals surface area contributed by atoms with Crippen molar-refractivity contribution >= 4 is 63.9 Å². The van der Waals surface area contributed by atoms with E-state index in [4.69, 9.17) is 55.0 Å². The molecule has 0 unspecified atom stereocenters. The van der Waals surface area contributed by atoms with E-state index < -0.39 is 24.3 Å². The van der Waals surface area contributed by atoms with Gasteiger partial charge >= 0.3 is 24.3 Å². The van der Waals surface area contributed by atoms with E-state index in [1.807, 2.05) is 24.3 Å². The molecule has 2 rings (SSSR count). The highest BCUT2D eigenvalue weighted by Crippen LogP contribution is 2.18. The number of aliphatic carboxylic acids is 2. The third-order valence-electron chi connectivity index (χ3n) is 3.25. The third-order valence-corrected chi connectivity index (χ3v) is 3.46. The van der Waals surface area contributed by atoms with Gasteiger partial charge in [-0.3, -0.25) is 0 Å². The van der Waals surface area contributed by atoms with Crippen LogP contribution >= 0.6 is 12.2 Å². The van der Waals surface area contributed by atoms with E-state index in [0.717, 1.165) is 11.4 Å². The number of nitrogens with one attached hydrogen (secondary N) is 2. The summed E-state index contributed by atoms with van der Waals surface area (Å²) < 4.78 is 63.5. The Labute approximate surface area is 215 Å². The molecule has 0 fully saturated rings. The summed E-state index contributed by atoms with van der Waals surface area (Å²) in [5, 5.41) is 20.8. The van der Waals surface area contributed by atoms with Crippen LogP contribution in [-0.2, 0) is 9.59 Å². The van der Waals surface area contributed by atoms with Gasteiger partial charge in [-0.15, -0.1) is 0 Å². The first-order chi connectivity index (χ1) is 17.3. The number of carboxylic acids is 2. The lowest BCUT2D eigenvalue weighted by atomic mass is 10.3. The van der Waals surface area contributed by atoms with Crippen LogP contribution in [0.3, 0.4) is 0 Å². The molecule has 12 N–H and O–H groups in total. The number of nitrogens with two attached hydrogens (primary N) is 4. The maximum Gasteiger partial charge on any atom is 0.490 e. The molecule has 19 heteroatoms. The molecule has 0 heterocycles. The van der Waals surface area contributed by atoms with Gasteiger partial charge in [-0.1, -0.05) is 0 Å². The second-order valence-electron chi connectivity index (χ2n) is 6.35. The molecule has 0 aromatic heterocycles. The van der Waals surface area contributed by atoms with Crippen molar-refractivity contribution < 1.29 is 46.1 Å². The first kappa shape index (κ1) is 33.2. The van der Waals surface area contributed by atoms with Crippen LogP contribution in [0.4, 0.5) is 49.1 Å². The number of thiocarbonyl (C=S) groups is 1. The zero-order chi connectivity index (χ0) is 29.7. The number of alkyl halides is 6. The normalized spacial score (nSPS) is 10.3. The predicted molar refractivity (Wildman–Crippen MR) is 131 cm³/mol. The lowest BCUT2D eigenvalue weighted by molar-refractivity contribution is -0.193. The van der Waals surface area contributed by atoms with E-state index in [-0.39, 0.29) is 11.9 Å². The zero-order valence-electron chi connectivity index (χ0n) is 18.7. The highest BCUT2D eigenvalue weighted by atomic mass is 32.1. The van der Waals surface area contributed by atoms with E-state index in [9.17, 15) is 26.3 Å². The van der Waals surface area contributed by atoms with Crippen molar-refractivity contribution in [1.82, 2.24) is 0 Å². The number of nitrogens with zero attached hydrogens (tertiary/aromatic N) is 2. The van der Waals surface area contributed by atoms with Crippen LogP contribution in [0.2, 0.25) is 0 Å². The molecular formula is C19H20F6N8O4S. The van der Waals surface area contributed by atoms with Crippen molar-refractivity contribution in [2.45, 2.75) is 12.4 Å². The fourth-order valence-electron chi connectivity index (χ4n) is 1.83. The number of hydrogen-bond acceptors (Lipinski definition) is 5. The zero-order valence-corrected chi connectivity index (χ0v) is 19.5. The maximum atomic E-state index is 10.6. The van der Waals surface area contributed by atoms with Gasteiger partial charge in [-0.2, -0.15) is 26.3 Å². The molecule has 0 aliphatic heterocycles. The van der Waals surface area contributed by atoms with Crippen LogP contribution in [0.1, 0.15) is 0 Å². The van der Waals surface area contributed by atoms with Crippen molar-refractivity contribution in [2.75, 3.05) is 10.6 Å². The Morgan fingerprint density at radius 2 is 0.895 bits per heavy atom. The van der Waals surface area contributed by atoms with Gasteiger partial charge in [0.1, 0.15) is 0 Å². The predicted octanol–water partition coefficient (Wildman–Crippen LogP) is 2.57. The number of anilines is 2. The summed E-state index contributed by atoms with van der Waals surface area (Å²) in [7, 11) is 0. The van der Waals surface area contributed by atoms with Crippen LogP contribution in [0.15, 0.2) is 58.5 Å². The first-order valence-corrected chi connectivity index (χ1v) is 9.79. The summed E-state index contributed by atoms with van der Waals surface area (Å²) in [4.78, 5) is 25.7. The molecule has 208 valence electrons. The van der Waals surface area contributed by atoms with E-state index in [1.54, 1.807) is 24.3 Å². The molecule has 0 amide bonds. The standard InChI is InChI=1S/C15H18N8S.2C2HF3O2/c16-13(17)20-9-1-5-11(6-2-9)22-15(24)23-12-7-3-10(4-8-12)21-14(18)19;2*3-2(4,5)1(6)7/h1-8H,(H4,16,17,20)(H4,18,19,21)(H2,22,23,24);2*(H,6,7). The minimum atomic E-state index is -5.08. The minimum Gasteiger partial charge on any atom is -0.475 e. The third kappa shape index (κ3) is 15.2. The number of hydrogen-bond donors (Lipinski definition) is 8. The molecule has 0 bridgehead atoms. The fourth-order valence-corrected chi connectivity index (χ4v) is 2.07. The highest BCUT2D eigenvalue weighted by Gasteiger charge is 2.38. The number of rotatable bonds is 4. The van der Waals surface area contributed by atoms with Crippen LogP contribution in [0.5, 0.6) is 0 Å². The summed E-state index contributed by atoms with van der Waals surface area (Å²) in [6.07, 6.45) is -10.2. The van der Waals surface area contributed by atoms with Crippen molar-refractivity contribution in [3.8, 4) is 0 Å². The Morgan fingerprint density at radius 3 is 1.08 bits per heavy atom. The Kier molecular flexibility index (Phi) is 12.8. The van der Waals surface area contributed by atoms with Gasteiger partial charge < -0.3 is 43.8 Å². The Bertz CT molecular complexity index is 1060. The Balaban J connectivity index is 0.000000804. The smallest absolute Gasteiger partial charge is 0.475 e. The number of benzene rings is 2. The molecule has 38 heavy (non-hydrogen) atoms. The van der Waals surface area contributed by atoms with Crippen LogP contribution in [-0.4, -0.2) is 51.5 Å². The number of carbonyl (C=O) groups is 2. The lowest BCUT2D eigenvalue weighted by Crippen LogP contribution is -2.22. The number of guanidine groups is 2. The summed E-state index contributed by atoms with van der Waals surface area (Å²) in [5.41, 5.74) is 24.2. The average Bonchev–Trinajstić information content (AvgIpc) is 2.75. The van der Waals surface area contributed by atoms with E-state index in [0.29, 0.717) is 16.5 Å². The SMILES string of the molecule is NC(N)=Nc1ccc(NC(=S)Nc2ccc(N=C(N)N)cc2)cc1.O=C(O)C(F)(F)F.O=C(O)C(F)(F)F. The van der Waals surface area contributed by atoms with Crippen molar-refractivity contribution in [2.24, 2.45) is 32.9 Å². The second kappa shape index (κ2) is 14.7. The molecule has 0 atom stereocenters. The molecule has 0 saturated carbocycles. The summed E-state index contributed by atoms with van der Waals surface area (Å²) in [6.45, 7) is 0. The van der Waals surface area contributed by atoms with Gasteiger partial charge in [-0.05, 0) is 60.7 Å². The summed E-state index contributed by atoms with van der Waals surface area (Å²) in [5.74, 6) is -5.49. The summed E-state index contributed by atoms with van der Waals surface area (Å²) in [6, 6.07) is 14.4. The van der Waals surface area contributed by atoms with Gasteiger partial charge in [-0.25, -0.2) is 19.6 Å². The molecule has 12 nitrogen and oxygen atoms in total. The molecule has 0 aliphatic rings. The summed E-state index contributed by atoms with van der Waals surface area (Å²) >= 11 is 5.27. The number of aliphatic imine (C=N–C) groups is 2. The minimum absolute atomic E-state index is 0.0112. The van der Waals surface area contributed by atoms with Crippen LogP contribution < -0.4 is 33.6 Å². The molecular weight excluding hydrogens is 550 g/mol. The Morgan fingerprint density at radius 1 is 0.658 bits per heavy atom. The van der Waals surface area contributed by atoms with Gasteiger partial charge in [0.15, 0.2) is 17.0 Å². The van der Waals surface area contributed by atoms with Crippen molar-refractivity contribution in [3.63, 3.8) is 0 Å². The second-order valence-corrected chi connectivity index (χ2v) is 6.76. The van der Waals surface area contributed by atoms with Crippen LogP contribution in [0, 0.1) is 0 Å². The van der Waals surface area contributed by atoms with E-state index in [2.05, 4.69) is 20.6 Å². The van der Waals surface area contributed by atoms with E-state index >= 15 is 0 Å². The van der Waals surface area contributed by atoms with Crippen molar-refractivity contribution in [1.29, 1.82) is 0 Å². The number of halogens is 6. The fraction of sp³-hybridized carbons (Fsp3) is 0.105. The molecule has 0 aliphatic carbocycles. The molecule has 2 aromatic carbocycles. The maximum absolute atomic E-state index is 10.6. The molecule has 0 saturated heterocycles. The number of carboxylic acid groups (broad SMARTS) is 2. The topological polar surface area (TPSA) is 227 Å². The quantitative estimate of drug-likeness (QED) is 0.115. The van der Waals surface area contributed by atoms with Crippen LogP contribution in [0.25, 0.3) is 0 Å². The molecule has 0 spiro atoms. The Hall–Kier alpha value is -4.81. The molecule has 0 radical (unpaired) electrons. The molecule has 2 aromatic rings.